The number of ether oxygens (including phenoxy) is 1. The maximum atomic E-state index is 5.44. The van der Waals surface area contributed by atoms with E-state index in [0.29, 0.717) is 0 Å². The van der Waals surface area contributed by atoms with Crippen molar-refractivity contribution in [1.29, 1.82) is 0 Å². The van der Waals surface area contributed by atoms with Gasteiger partial charge in [-0.1, -0.05) is 12.1 Å². The molecule has 1 rings (SSSR count). The van der Waals surface area contributed by atoms with Crippen molar-refractivity contribution in [1.82, 2.24) is 0 Å². The zero-order valence-electron chi connectivity index (χ0n) is 11.2. The maximum absolute atomic E-state index is 5.44. The molecule has 0 amide bonds. The number of hydrogen-bond acceptors (Lipinski definition) is 2. The molecule has 0 fully saturated rings. The Hall–Kier alpha value is -1.02. The molecule has 1 aromatic rings. The minimum atomic E-state index is -0.222. The largest absolute Gasteiger partial charge is 0.380 e. The highest BCUT2D eigenvalue weighted by Crippen LogP contribution is 2.25. The van der Waals surface area contributed by atoms with Crippen LogP contribution in [0, 0.1) is 0 Å². The third kappa shape index (κ3) is 3.53. The van der Waals surface area contributed by atoms with Crippen molar-refractivity contribution in [3.05, 3.63) is 29.8 Å². The summed E-state index contributed by atoms with van der Waals surface area (Å²) in [5, 5.41) is 3.44. The molecule has 1 aromatic carbocycles. The fraction of sp³-hybridized carbons (Fsp3) is 0.571. The van der Waals surface area contributed by atoms with E-state index in [2.05, 4.69) is 64.2 Å². The summed E-state index contributed by atoms with van der Waals surface area (Å²) in [5.41, 5.74) is 2.20. The van der Waals surface area contributed by atoms with Crippen LogP contribution in [-0.4, -0.2) is 12.6 Å². The van der Waals surface area contributed by atoms with Gasteiger partial charge in [-0.25, -0.2) is 0 Å². The van der Waals surface area contributed by atoms with E-state index < -0.39 is 0 Å². The van der Waals surface area contributed by atoms with Crippen LogP contribution in [0.1, 0.15) is 40.2 Å². The van der Waals surface area contributed by atoms with Gasteiger partial charge in [-0.3, -0.25) is 0 Å². The molecule has 0 saturated heterocycles. The highest BCUT2D eigenvalue weighted by Gasteiger charge is 2.19. The van der Waals surface area contributed by atoms with Gasteiger partial charge < -0.3 is 10.1 Å². The second kappa shape index (κ2) is 4.46. The van der Waals surface area contributed by atoms with Crippen LogP contribution in [0.4, 0.5) is 5.69 Å². The summed E-state index contributed by atoms with van der Waals surface area (Å²) in [6, 6.07) is 8.41. The average molecular weight is 221 g/mol. The number of methoxy groups -OCH3 is 1. The molecule has 0 heterocycles. The molecule has 1 N–H and O–H groups in total. The number of anilines is 1. The summed E-state index contributed by atoms with van der Waals surface area (Å²) in [6.45, 7) is 10.6. The number of hydrogen-bond donors (Lipinski definition) is 1. The van der Waals surface area contributed by atoms with Crippen molar-refractivity contribution >= 4 is 5.69 Å². The summed E-state index contributed by atoms with van der Waals surface area (Å²) in [4.78, 5) is 0. The van der Waals surface area contributed by atoms with E-state index in [1.165, 1.54) is 5.56 Å². The lowest BCUT2D eigenvalue weighted by Gasteiger charge is -2.25. The van der Waals surface area contributed by atoms with E-state index in [1.54, 1.807) is 7.11 Å². The lowest BCUT2D eigenvalue weighted by molar-refractivity contribution is 0.0192. The molecule has 90 valence electrons. The predicted octanol–water partition coefficient (Wildman–Crippen LogP) is 3.78. The molecule has 0 atom stereocenters. The van der Waals surface area contributed by atoms with E-state index in [0.717, 1.165) is 5.69 Å². The monoisotopic (exact) mass is 221 g/mol. The molecule has 2 nitrogen and oxygen atoms in total. The summed E-state index contributed by atoms with van der Waals surface area (Å²) in [7, 11) is 1.74. The first-order valence-corrected chi connectivity index (χ1v) is 5.68. The second-order valence-electron chi connectivity index (χ2n) is 5.67. The molecular weight excluding hydrogens is 198 g/mol. The van der Waals surface area contributed by atoms with Gasteiger partial charge in [-0.2, -0.15) is 0 Å². The van der Waals surface area contributed by atoms with Crippen molar-refractivity contribution in [2.24, 2.45) is 0 Å². The van der Waals surface area contributed by atoms with Crippen LogP contribution in [-0.2, 0) is 10.3 Å². The number of benzene rings is 1. The van der Waals surface area contributed by atoms with Gasteiger partial charge >= 0.3 is 0 Å². The Bertz CT molecular complexity index is 333. The Labute approximate surface area is 99.0 Å². The summed E-state index contributed by atoms with van der Waals surface area (Å²) >= 11 is 0. The van der Waals surface area contributed by atoms with Crippen molar-refractivity contribution in [2.75, 3.05) is 12.4 Å². The summed E-state index contributed by atoms with van der Waals surface area (Å²) < 4.78 is 5.44. The smallest absolute Gasteiger partial charge is 0.0871 e. The lowest BCUT2D eigenvalue weighted by atomic mass is 9.97. The van der Waals surface area contributed by atoms with Crippen LogP contribution >= 0.6 is 0 Å². The molecule has 0 aliphatic heterocycles. The Morgan fingerprint density at radius 2 is 1.44 bits per heavy atom. The zero-order chi connectivity index (χ0) is 12.4. The Morgan fingerprint density at radius 3 is 1.81 bits per heavy atom. The van der Waals surface area contributed by atoms with Crippen LogP contribution in [0.5, 0.6) is 0 Å². The van der Waals surface area contributed by atoms with E-state index in [4.69, 9.17) is 4.74 Å². The Balaban J connectivity index is 2.84. The van der Waals surface area contributed by atoms with Crippen molar-refractivity contribution in [2.45, 2.75) is 45.8 Å². The minimum Gasteiger partial charge on any atom is -0.380 e. The van der Waals surface area contributed by atoms with Gasteiger partial charge in [0.15, 0.2) is 0 Å². The highest BCUT2D eigenvalue weighted by atomic mass is 16.5. The zero-order valence-corrected chi connectivity index (χ0v) is 11.2. The molecule has 0 unspecified atom stereocenters. The van der Waals surface area contributed by atoms with E-state index in [9.17, 15) is 0 Å². The molecule has 0 radical (unpaired) electrons. The fourth-order valence-corrected chi connectivity index (χ4v) is 1.51. The minimum absolute atomic E-state index is 0.0955. The summed E-state index contributed by atoms with van der Waals surface area (Å²) in [6.07, 6.45) is 0. The van der Waals surface area contributed by atoms with E-state index >= 15 is 0 Å². The lowest BCUT2D eigenvalue weighted by Crippen LogP contribution is -2.26. The van der Waals surface area contributed by atoms with Gasteiger partial charge in [-0.05, 0) is 52.3 Å². The quantitative estimate of drug-likeness (QED) is 0.838. The third-order valence-corrected chi connectivity index (χ3v) is 2.61. The topological polar surface area (TPSA) is 21.3 Å². The van der Waals surface area contributed by atoms with Gasteiger partial charge in [0.05, 0.1) is 5.60 Å². The standard InChI is InChI=1S/C14H23NO/c1-13(2,3)15-12-9-7-11(8-10-12)14(4,5)16-6/h7-10,15H,1-6H3. The summed E-state index contributed by atoms with van der Waals surface area (Å²) in [5.74, 6) is 0. The first-order chi connectivity index (χ1) is 7.24. The van der Waals surface area contributed by atoms with Crippen LogP contribution < -0.4 is 5.32 Å². The molecule has 2 heteroatoms. The van der Waals surface area contributed by atoms with Gasteiger partial charge in [0.2, 0.25) is 0 Å². The first kappa shape index (κ1) is 13.0. The number of nitrogens with one attached hydrogen (secondary N) is 1. The maximum Gasteiger partial charge on any atom is 0.0871 e. The molecule has 0 aliphatic rings. The molecule has 0 aromatic heterocycles. The van der Waals surface area contributed by atoms with Crippen LogP contribution in [0.2, 0.25) is 0 Å². The van der Waals surface area contributed by atoms with Crippen LogP contribution in [0.3, 0.4) is 0 Å². The van der Waals surface area contributed by atoms with Gasteiger partial charge in [0, 0.05) is 18.3 Å². The molecule has 0 spiro atoms. The Kier molecular flexibility index (Phi) is 3.64. The van der Waals surface area contributed by atoms with Gasteiger partial charge in [0.25, 0.3) is 0 Å². The van der Waals surface area contributed by atoms with Crippen molar-refractivity contribution in [3.63, 3.8) is 0 Å². The molecule has 0 aliphatic carbocycles. The average Bonchev–Trinajstić information content (AvgIpc) is 2.16. The SMILES string of the molecule is COC(C)(C)c1ccc(NC(C)(C)C)cc1. The predicted molar refractivity (Wildman–Crippen MR) is 69.9 cm³/mol. The fourth-order valence-electron chi connectivity index (χ4n) is 1.51. The third-order valence-electron chi connectivity index (χ3n) is 2.61. The van der Waals surface area contributed by atoms with Crippen molar-refractivity contribution in [3.8, 4) is 0 Å². The van der Waals surface area contributed by atoms with E-state index in [-0.39, 0.29) is 11.1 Å². The molecule has 16 heavy (non-hydrogen) atoms. The normalized spacial score (nSPS) is 12.6. The second-order valence-corrected chi connectivity index (χ2v) is 5.67. The van der Waals surface area contributed by atoms with Crippen LogP contribution in [0.15, 0.2) is 24.3 Å². The van der Waals surface area contributed by atoms with E-state index in [1.807, 2.05) is 0 Å². The Morgan fingerprint density at radius 1 is 0.938 bits per heavy atom. The molecular formula is C14H23NO. The van der Waals surface area contributed by atoms with Crippen LogP contribution in [0.25, 0.3) is 0 Å². The van der Waals surface area contributed by atoms with Crippen molar-refractivity contribution < 1.29 is 4.74 Å². The highest BCUT2D eigenvalue weighted by molar-refractivity contribution is 5.47. The molecule has 0 saturated carbocycles. The number of rotatable bonds is 3. The van der Waals surface area contributed by atoms with Gasteiger partial charge in [-0.15, -0.1) is 0 Å². The molecule has 0 bridgehead atoms. The first-order valence-electron chi connectivity index (χ1n) is 5.68. The van der Waals surface area contributed by atoms with Gasteiger partial charge in [0.1, 0.15) is 0 Å².